The molecule has 1 aromatic heterocycles. The number of halogens is 3. The van der Waals surface area contributed by atoms with Crippen molar-refractivity contribution in [2.45, 2.75) is 25.8 Å². The molecule has 6 nitrogen and oxygen atoms in total. The molecule has 1 heterocycles. The summed E-state index contributed by atoms with van der Waals surface area (Å²) in [6.07, 6.45) is -0.152. The smallest absolute Gasteiger partial charge is 0.305 e. The largest absolute Gasteiger partial charge is 0.481 e. The first-order valence-corrected chi connectivity index (χ1v) is 14.1. The Morgan fingerprint density at radius 2 is 1.72 bits per heavy atom. The van der Waals surface area contributed by atoms with Crippen molar-refractivity contribution in [2.75, 3.05) is 13.1 Å². The summed E-state index contributed by atoms with van der Waals surface area (Å²) in [5.74, 6) is -1.51. The third kappa shape index (κ3) is 7.31. The number of fused-ring (bicyclic) bond motifs is 1. The number of aliphatic carboxylic acids is 1. The summed E-state index contributed by atoms with van der Waals surface area (Å²) in [6, 6.07) is 17.9. The fraction of sp³-hybridized carbons (Fsp3) is 0.207. The van der Waals surface area contributed by atoms with Gasteiger partial charge in [-0.3, -0.25) is 14.4 Å². The molecule has 4 aromatic rings. The number of hydrogen-bond acceptors (Lipinski definition) is 4. The summed E-state index contributed by atoms with van der Waals surface area (Å²) < 4.78 is 0.971. The van der Waals surface area contributed by atoms with E-state index in [9.17, 15) is 14.4 Å². The van der Waals surface area contributed by atoms with Crippen LogP contribution in [0.15, 0.2) is 66.0 Å². The van der Waals surface area contributed by atoms with Gasteiger partial charge in [-0.1, -0.05) is 59.9 Å². The fourth-order valence-corrected chi connectivity index (χ4v) is 5.57. The van der Waals surface area contributed by atoms with Crippen LogP contribution in [0.25, 0.3) is 10.1 Å². The van der Waals surface area contributed by atoms with E-state index in [-0.39, 0.29) is 30.7 Å². The molecule has 0 aliphatic rings. The van der Waals surface area contributed by atoms with Crippen molar-refractivity contribution < 1.29 is 19.5 Å². The van der Waals surface area contributed by atoms with Gasteiger partial charge in [-0.15, -0.1) is 11.3 Å². The van der Waals surface area contributed by atoms with Crippen LogP contribution in [0, 0.1) is 0 Å². The number of carboxylic acid groups (broad SMARTS) is 1. The summed E-state index contributed by atoms with van der Waals surface area (Å²) in [5.41, 5.74) is 2.77. The van der Waals surface area contributed by atoms with E-state index in [1.807, 2.05) is 30.5 Å². The molecule has 0 radical (unpaired) electrons. The van der Waals surface area contributed by atoms with Crippen LogP contribution in [0.2, 0.25) is 15.1 Å². The van der Waals surface area contributed by atoms with Crippen LogP contribution in [0.1, 0.15) is 51.1 Å². The Labute approximate surface area is 245 Å². The average molecular weight is 604 g/mol. The van der Waals surface area contributed by atoms with Gasteiger partial charge in [0, 0.05) is 45.7 Å². The van der Waals surface area contributed by atoms with E-state index in [4.69, 9.17) is 39.9 Å². The Hall–Kier alpha value is -3.10. The molecule has 0 fully saturated rings. The van der Waals surface area contributed by atoms with Crippen molar-refractivity contribution in [3.8, 4) is 0 Å². The van der Waals surface area contributed by atoms with E-state index in [2.05, 4.69) is 5.32 Å². The Morgan fingerprint density at radius 3 is 2.41 bits per heavy atom. The zero-order valence-corrected chi connectivity index (χ0v) is 24.0. The molecule has 0 saturated carbocycles. The van der Waals surface area contributed by atoms with Crippen molar-refractivity contribution in [1.29, 1.82) is 0 Å². The van der Waals surface area contributed by atoms with Gasteiger partial charge in [-0.05, 0) is 59.5 Å². The van der Waals surface area contributed by atoms with E-state index in [1.54, 1.807) is 47.4 Å². The van der Waals surface area contributed by atoms with Gasteiger partial charge < -0.3 is 15.3 Å². The number of carbonyl (C=O) groups excluding carboxylic acids is 2. The third-order valence-electron chi connectivity index (χ3n) is 6.27. The fourth-order valence-electron chi connectivity index (χ4n) is 4.18. The molecule has 0 aliphatic heterocycles. The van der Waals surface area contributed by atoms with Crippen molar-refractivity contribution in [2.24, 2.45) is 0 Å². The van der Waals surface area contributed by atoms with E-state index in [0.717, 1.165) is 21.2 Å². The van der Waals surface area contributed by atoms with Crippen molar-refractivity contribution in [3.05, 3.63) is 103 Å². The highest BCUT2D eigenvalue weighted by Gasteiger charge is 2.23. The number of nitrogens with zero attached hydrogens (tertiary/aromatic N) is 1. The topological polar surface area (TPSA) is 86.7 Å². The number of hydrogen-bond donors (Lipinski definition) is 2. The Balaban J connectivity index is 1.58. The predicted molar refractivity (Wildman–Crippen MR) is 157 cm³/mol. The van der Waals surface area contributed by atoms with Crippen LogP contribution in [-0.2, 0) is 11.3 Å². The third-order valence-corrected chi connectivity index (χ3v) is 8.21. The summed E-state index contributed by atoms with van der Waals surface area (Å²) in [4.78, 5) is 38.7. The maximum absolute atomic E-state index is 13.9. The molecule has 2 N–H and O–H groups in total. The highest BCUT2D eigenvalue weighted by atomic mass is 35.5. The second kappa shape index (κ2) is 12.8. The van der Waals surface area contributed by atoms with Crippen molar-refractivity contribution in [1.82, 2.24) is 10.2 Å². The second-order valence-electron chi connectivity index (χ2n) is 9.15. The maximum Gasteiger partial charge on any atom is 0.305 e. The minimum atomic E-state index is -0.980. The van der Waals surface area contributed by atoms with Gasteiger partial charge in [0.05, 0.1) is 22.0 Å². The SMILES string of the molecule is CC(CN(Cc1ccc(C(=O)NCCC(=O)O)cc1)C(=O)c1csc2ccc(Cl)cc12)c1ccc(Cl)c(Cl)c1. The molecule has 202 valence electrons. The first-order valence-electron chi connectivity index (χ1n) is 12.1. The summed E-state index contributed by atoms with van der Waals surface area (Å²) in [6.45, 7) is 2.78. The van der Waals surface area contributed by atoms with Crippen molar-refractivity contribution in [3.63, 3.8) is 0 Å². The maximum atomic E-state index is 13.9. The lowest BCUT2D eigenvalue weighted by Gasteiger charge is -2.27. The van der Waals surface area contributed by atoms with E-state index in [0.29, 0.717) is 39.3 Å². The van der Waals surface area contributed by atoms with E-state index >= 15 is 0 Å². The van der Waals surface area contributed by atoms with Gasteiger partial charge in [0.1, 0.15) is 0 Å². The monoisotopic (exact) mass is 602 g/mol. The molecule has 0 saturated heterocycles. The van der Waals surface area contributed by atoms with Crippen LogP contribution >= 0.6 is 46.1 Å². The number of rotatable bonds is 10. The molecule has 2 amide bonds. The molecule has 0 bridgehead atoms. The van der Waals surface area contributed by atoms with Gasteiger partial charge in [0.2, 0.25) is 0 Å². The van der Waals surface area contributed by atoms with Crippen LogP contribution < -0.4 is 5.32 Å². The quantitative estimate of drug-likeness (QED) is 0.196. The lowest BCUT2D eigenvalue weighted by Crippen LogP contribution is -2.33. The van der Waals surface area contributed by atoms with E-state index in [1.165, 1.54) is 11.3 Å². The molecule has 1 atom stereocenters. The molecular weight excluding hydrogens is 579 g/mol. The summed E-state index contributed by atoms with van der Waals surface area (Å²) in [7, 11) is 0. The number of nitrogens with one attached hydrogen (secondary N) is 1. The van der Waals surface area contributed by atoms with Gasteiger partial charge >= 0.3 is 5.97 Å². The van der Waals surface area contributed by atoms with E-state index < -0.39 is 5.97 Å². The van der Waals surface area contributed by atoms with Gasteiger partial charge in [-0.2, -0.15) is 0 Å². The minimum Gasteiger partial charge on any atom is -0.481 e. The first kappa shape index (κ1) is 28.9. The Kier molecular flexibility index (Phi) is 9.51. The Bertz CT molecular complexity index is 1520. The van der Waals surface area contributed by atoms with Crippen LogP contribution in [0.3, 0.4) is 0 Å². The van der Waals surface area contributed by atoms with Gasteiger partial charge in [0.15, 0.2) is 0 Å². The second-order valence-corrected chi connectivity index (χ2v) is 11.3. The van der Waals surface area contributed by atoms with Gasteiger partial charge in [-0.25, -0.2) is 0 Å². The molecule has 0 spiro atoms. The first-order chi connectivity index (χ1) is 18.6. The standard InChI is InChI=1S/C29H25Cl3N2O4S/c1-17(20-6-8-24(31)25(32)12-20)14-34(29(38)23-16-39-26-9-7-21(30)13-22(23)26)15-18-2-4-19(5-3-18)28(37)33-11-10-27(35)36/h2-9,12-13,16-17H,10-11,14-15H2,1H3,(H,33,37)(H,35,36). The van der Waals surface area contributed by atoms with Crippen LogP contribution in [-0.4, -0.2) is 40.9 Å². The number of carbonyl (C=O) groups is 3. The molecule has 10 heteroatoms. The summed E-state index contributed by atoms with van der Waals surface area (Å²) in [5, 5.41) is 15.5. The lowest BCUT2D eigenvalue weighted by atomic mass is 9.99. The van der Waals surface area contributed by atoms with Crippen LogP contribution in [0.5, 0.6) is 0 Å². The molecule has 4 rings (SSSR count). The van der Waals surface area contributed by atoms with Crippen molar-refractivity contribution >= 4 is 74.0 Å². The zero-order valence-electron chi connectivity index (χ0n) is 20.9. The average Bonchev–Trinajstić information content (AvgIpc) is 3.32. The molecule has 39 heavy (non-hydrogen) atoms. The van der Waals surface area contributed by atoms with Gasteiger partial charge in [0.25, 0.3) is 11.8 Å². The molecule has 1 unspecified atom stereocenters. The number of thiophene rings is 1. The number of amides is 2. The predicted octanol–water partition coefficient (Wildman–Crippen LogP) is 7.51. The molecule has 3 aromatic carbocycles. The minimum absolute atomic E-state index is 0.0449. The number of benzene rings is 3. The molecular formula is C29H25Cl3N2O4S. The highest BCUT2D eigenvalue weighted by Crippen LogP contribution is 2.31. The number of carboxylic acids is 1. The highest BCUT2D eigenvalue weighted by molar-refractivity contribution is 7.17. The lowest BCUT2D eigenvalue weighted by molar-refractivity contribution is -0.136. The Morgan fingerprint density at radius 1 is 0.974 bits per heavy atom. The zero-order chi connectivity index (χ0) is 28.1. The van der Waals surface area contributed by atoms with Crippen LogP contribution in [0.4, 0.5) is 0 Å². The summed E-state index contributed by atoms with van der Waals surface area (Å²) >= 11 is 20.1. The normalized spacial score (nSPS) is 11.8. The molecule has 0 aliphatic carbocycles.